The highest BCUT2D eigenvalue weighted by Gasteiger charge is 2.53. The summed E-state index contributed by atoms with van der Waals surface area (Å²) in [7, 11) is 0. The van der Waals surface area contributed by atoms with Crippen molar-refractivity contribution < 1.29 is 9.53 Å². The highest BCUT2D eigenvalue weighted by Crippen LogP contribution is 2.52. The lowest BCUT2D eigenvalue weighted by atomic mass is 9.70. The first kappa shape index (κ1) is 18.5. The molecule has 1 aliphatic carbocycles. The quantitative estimate of drug-likeness (QED) is 0.552. The van der Waals surface area contributed by atoms with E-state index in [1.165, 1.54) is 38.5 Å². The smallest absolute Gasteiger partial charge is 0.335 e. The Kier molecular flexibility index (Phi) is 5.04. The number of hydrogen-bond donors (Lipinski definition) is 0. The van der Waals surface area contributed by atoms with Crippen LogP contribution in [0.1, 0.15) is 72.6 Å². The minimum Gasteiger partial charge on any atom is -0.457 e. The average Bonchev–Trinajstić information content (AvgIpc) is 2.97. The van der Waals surface area contributed by atoms with Crippen LogP contribution in [0.2, 0.25) is 0 Å². The van der Waals surface area contributed by atoms with Crippen LogP contribution in [0.4, 0.5) is 0 Å². The van der Waals surface area contributed by atoms with Gasteiger partial charge in [0.15, 0.2) is 0 Å². The number of rotatable bonds is 2. The van der Waals surface area contributed by atoms with Crippen LogP contribution in [-0.4, -0.2) is 34.6 Å². The van der Waals surface area contributed by atoms with Crippen molar-refractivity contribution in [3.05, 3.63) is 11.6 Å². The molecule has 138 valence electrons. The van der Waals surface area contributed by atoms with Crippen molar-refractivity contribution in [3.63, 3.8) is 0 Å². The Morgan fingerprint density at radius 1 is 1.36 bits per heavy atom. The van der Waals surface area contributed by atoms with Crippen LogP contribution >= 0.6 is 0 Å². The lowest BCUT2D eigenvalue weighted by Gasteiger charge is -2.55. The molecular formula is C22H33NO2. The Hall–Kier alpha value is -1.27. The van der Waals surface area contributed by atoms with Gasteiger partial charge in [-0.05, 0) is 58.8 Å². The number of ether oxygens (including phenoxy) is 1. The molecule has 1 saturated carbocycles. The number of carbonyl (C=O) groups excluding carboxylic acids is 1. The molecule has 0 aromatic heterocycles. The fraction of sp³-hybridized carbons (Fsp3) is 0.773. The number of piperidine rings is 1. The van der Waals surface area contributed by atoms with Crippen molar-refractivity contribution >= 4 is 5.97 Å². The molecule has 4 atom stereocenters. The molecule has 3 nitrogen and oxygen atoms in total. The Bertz CT molecular complexity index is 594. The van der Waals surface area contributed by atoms with E-state index in [-0.39, 0.29) is 11.5 Å². The van der Waals surface area contributed by atoms with Crippen molar-refractivity contribution in [1.29, 1.82) is 0 Å². The van der Waals surface area contributed by atoms with Gasteiger partial charge in [-0.3, -0.25) is 4.90 Å². The van der Waals surface area contributed by atoms with Gasteiger partial charge in [0.25, 0.3) is 0 Å². The van der Waals surface area contributed by atoms with Gasteiger partial charge < -0.3 is 4.74 Å². The minimum atomic E-state index is -0.442. The molecule has 0 aromatic rings. The second kappa shape index (κ2) is 6.80. The highest BCUT2D eigenvalue weighted by molar-refractivity contribution is 5.89. The van der Waals surface area contributed by atoms with Gasteiger partial charge in [-0.2, -0.15) is 0 Å². The van der Waals surface area contributed by atoms with E-state index in [0.29, 0.717) is 17.9 Å². The normalized spacial score (nSPS) is 34.1. The Morgan fingerprint density at radius 3 is 2.68 bits per heavy atom. The molecule has 0 radical (unpaired) electrons. The summed E-state index contributed by atoms with van der Waals surface area (Å²) in [6.45, 7) is 8.73. The molecule has 3 aliphatic rings. The summed E-state index contributed by atoms with van der Waals surface area (Å²) in [4.78, 5) is 15.3. The van der Waals surface area contributed by atoms with E-state index in [4.69, 9.17) is 11.2 Å². The van der Waals surface area contributed by atoms with Gasteiger partial charge in [0.05, 0.1) is 0 Å². The molecule has 0 unspecified atom stereocenters. The van der Waals surface area contributed by atoms with Crippen LogP contribution in [0, 0.1) is 24.2 Å². The summed E-state index contributed by atoms with van der Waals surface area (Å²) in [5, 5.41) is 0. The molecular weight excluding hydrogens is 310 g/mol. The minimum absolute atomic E-state index is 0.147. The van der Waals surface area contributed by atoms with Crippen molar-refractivity contribution in [3.8, 4) is 12.3 Å². The molecule has 2 fully saturated rings. The number of terminal acetylenes is 1. The van der Waals surface area contributed by atoms with E-state index < -0.39 is 5.60 Å². The molecule has 2 heterocycles. The van der Waals surface area contributed by atoms with Gasteiger partial charge in [-0.15, -0.1) is 12.3 Å². The zero-order chi connectivity index (χ0) is 18.2. The van der Waals surface area contributed by atoms with Crippen molar-refractivity contribution in [2.75, 3.05) is 6.54 Å². The van der Waals surface area contributed by atoms with Crippen molar-refractivity contribution in [1.82, 2.24) is 4.90 Å². The lowest BCUT2D eigenvalue weighted by molar-refractivity contribution is -0.151. The fourth-order valence-corrected chi connectivity index (χ4v) is 5.44. The van der Waals surface area contributed by atoms with E-state index in [1.54, 1.807) is 0 Å². The molecule has 0 amide bonds. The van der Waals surface area contributed by atoms with E-state index in [1.807, 2.05) is 20.8 Å². The number of carbonyl (C=O) groups is 1. The van der Waals surface area contributed by atoms with Crippen LogP contribution in [0.5, 0.6) is 0 Å². The number of hydrogen-bond acceptors (Lipinski definition) is 3. The number of nitrogens with zero attached hydrogens (tertiary/aromatic N) is 1. The summed E-state index contributed by atoms with van der Waals surface area (Å²) in [5.41, 5.74) is 0.588. The van der Waals surface area contributed by atoms with Crippen molar-refractivity contribution in [2.45, 2.75) is 89.8 Å². The third kappa shape index (κ3) is 3.51. The average molecular weight is 344 g/mol. The molecule has 0 aromatic carbocycles. The Balaban J connectivity index is 1.84. The van der Waals surface area contributed by atoms with E-state index in [2.05, 4.69) is 23.8 Å². The molecule has 3 heteroatoms. The summed E-state index contributed by atoms with van der Waals surface area (Å²) in [6, 6.07) is 0.561. The third-order valence-electron chi connectivity index (χ3n) is 6.48. The fourth-order valence-electron chi connectivity index (χ4n) is 5.44. The monoisotopic (exact) mass is 343 g/mol. The summed E-state index contributed by atoms with van der Waals surface area (Å²) >= 11 is 0. The molecule has 25 heavy (non-hydrogen) atoms. The number of fused-ring (bicyclic) bond motifs is 2. The molecule has 0 bridgehead atoms. The third-order valence-corrected chi connectivity index (χ3v) is 6.48. The Morgan fingerprint density at radius 2 is 2.04 bits per heavy atom. The van der Waals surface area contributed by atoms with Crippen molar-refractivity contribution in [2.24, 2.45) is 11.8 Å². The standard InChI is InChI=1S/C22H33NO2/c1-6-16(2)19-10-8-14-22(19)13-7-9-18-12-11-17(15-23(18)22)20(24)25-21(3,4)5/h1,11,16,18-19H,7-10,12-15H2,2-5H3/t16-,18+,19-,22+/m0/s1. The van der Waals surface area contributed by atoms with Gasteiger partial charge in [-0.25, -0.2) is 4.79 Å². The molecule has 0 N–H and O–H groups in total. The summed E-state index contributed by atoms with van der Waals surface area (Å²) in [6.07, 6.45) is 16.3. The lowest BCUT2D eigenvalue weighted by Crippen LogP contribution is -2.61. The van der Waals surface area contributed by atoms with E-state index in [9.17, 15) is 4.79 Å². The highest BCUT2D eigenvalue weighted by atomic mass is 16.6. The summed E-state index contributed by atoms with van der Waals surface area (Å²) in [5.74, 6) is 3.72. The first-order chi connectivity index (χ1) is 11.8. The predicted octanol–water partition coefficient (Wildman–Crippen LogP) is 4.32. The van der Waals surface area contributed by atoms with Crippen LogP contribution in [0.3, 0.4) is 0 Å². The maximum absolute atomic E-state index is 12.6. The van der Waals surface area contributed by atoms with Crippen LogP contribution < -0.4 is 0 Å². The predicted molar refractivity (Wildman–Crippen MR) is 101 cm³/mol. The zero-order valence-electron chi connectivity index (χ0n) is 16.3. The molecule has 1 saturated heterocycles. The second-order valence-electron chi connectivity index (χ2n) is 9.20. The molecule has 3 rings (SSSR count). The molecule has 2 aliphatic heterocycles. The van der Waals surface area contributed by atoms with Crippen LogP contribution in [-0.2, 0) is 9.53 Å². The van der Waals surface area contributed by atoms with E-state index >= 15 is 0 Å². The van der Waals surface area contributed by atoms with Gasteiger partial charge in [0.2, 0.25) is 0 Å². The summed E-state index contributed by atoms with van der Waals surface area (Å²) < 4.78 is 5.64. The van der Waals surface area contributed by atoms with E-state index in [0.717, 1.165) is 18.5 Å². The van der Waals surface area contributed by atoms with Crippen LogP contribution in [0.25, 0.3) is 0 Å². The van der Waals surface area contributed by atoms with Gasteiger partial charge >= 0.3 is 5.97 Å². The van der Waals surface area contributed by atoms with Gasteiger partial charge in [0.1, 0.15) is 5.60 Å². The maximum atomic E-state index is 12.6. The largest absolute Gasteiger partial charge is 0.457 e. The second-order valence-corrected chi connectivity index (χ2v) is 9.20. The molecule has 1 spiro atoms. The SMILES string of the molecule is C#C[C@H](C)[C@@H]1CCC[C@]12CCC[C@@H]1CC=C(C(=O)OC(C)(C)C)CN12. The first-order valence-corrected chi connectivity index (χ1v) is 9.92. The zero-order valence-corrected chi connectivity index (χ0v) is 16.3. The number of esters is 1. The first-order valence-electron chi connectivity index (χ1n) is 9.92. The van der Waals surface area contributed by atoms with Crippen LogP contribution in [0.15, 0.2) is 11.6 Å². The van der Waals surface area contributed by atoms with Gasteiger partial charge in [0, 0.05) is 29.6 Å². The Labute approximate surface area is 153 Å². The van der Waals surface area contributed by atoms with Gasteiger partial charge in [-0.1, -0.05) is 25.8 Å². The topological polar surface area (TPSA) is 29.5 Å². The maximum Gasteiger partial charge on any atom is 0.335 e.